The van der Waals surface area contributed by atoms with Crippen LogP contribution in [0.4, 0.5) is 0 Å². The first-order valence-corrected chi connectivity index (χ1v) is 3.71. The minimum atomic E-state index is -0.0579. The van der Waals surface area contributed by atoms with Crippen LogP contribution in [0.1, 0.15) is 20.8 Å². The maximum absolute atomic E-state index is 11.2. The van der Waals surface area contributed by atoms with Crippen molar-refractivity contribution in [2.24, 2.45) is 0 Å². The largest absolute Gasteiger partial charge is 0.350 e. The molecule has 0 rings (SSSR count). The van der Waals surface area contributed by atoms with E-state index in [1.54, 1.807) is 12.2 Å². The van der Waals surface area contributed by atoms with Crippen molar-refractivity contribution in [3.8, 4) is 0 Å². The summed E-state index contributed by atoms with van der Waals surface area (Å²) in [5.74, 6) is -0.0579. The van der Waals surface area contributed by atoms with Crippen LogP contribution in [-0.4, -0.2) is 11.9 Å². The lowest BCUT2D eigenvalue weighted by Crippen LogP contribution is -2.30. The van der Waals surface area contributed by atoms with Crippen LogP contribution in [0.15, 0.2) is 24.3 Å². The first-order valence-electron chi connectivity index (χ1n) is 3.71. The van der Waals surface area contributed by atoms with Crippen LogP contribution in [0, 0.1) is 0 Å². The van der Waals surface area contributed by atoms with Gasteiger partial charge in [-0.25, -0.2) is 0 Å². The van der Waals surface area contributed by atoms with E-state index in [4.69, 9.17) is 0 Å². The third kappa shape index (κ3) is 3.61. The van der Waals surface area contributed by atoms with E-state index >= 15 is 0 Å². The molecule has 1 N–H and O–H groups in total. The Morgan fingerprint density at radius 2 is 2.09 bits per heavy atom. The summed E-state index contributed by atoms with van der Waals surface area (Å²) in [5.41, 5.74) is 0.624. The van der Waals surface area contributed by atoms with Crippen molar-refractivity contribution in [2.75, 3.05) is 0 Å². The Kier molecular flexibility index (Phi) is 4.27. The Morgan fingerprint density at radius 3 is 2.36 bits per heavy atom. The predicted octanol–water partition coefficient (Wildman–Crippen LogP) is 1.64. The van der Waals surface area contributed by atoms with Crippen molar-refractivity contribution in [1.29, 1.82) is 0 Å². The van der Waals surface area contributed by atoms with E-state index in [0.29, 0.717) is 5.57 Å². The summed E-state index contributed by atoms with van der Waals surface area (Å²) in [4.78, 5) is 11.2. The summed E-state index contributed by atoms with van der Waals surface area (Å²) < 4.78 is 0. The van der Waals surface area contributed by atoms with Crippen molar-refractivity contribution >= 4 is 5.91 Å². The maximum Gasteiger partial charge on any atom is 0.251 e. The lowest BCUT2D eigenvalue weighted by Gasteiger charge is -2.07. The molecule has 0 aliphatic heterocycles. The topological polar surface area (TPSA) is 29.1 Å². The highest BCUT2D eigenvalue weighted by atomic mass is 16.1. The first-order chi connectivity index (χ1) is 5.11. The number of rotatable bonds is 3. The van der Waals surface area contributed by atoms with Gasteiger partial charge in [-0.2, -0.15) is 0 Å². The molecule has 0 aliphatic rings. The molecule has 2 nitrogen and oxygen atoms in total. The van der Waals surface area contributed by atoms with Crippen LogP contribution in [0.3, 0.4) is 0 Å². The van der Waals surface area contributed by atoms with Crippen LogP contribution >= 0.6 is 0 Å². The third-order valence-corrected chi connectivity index (χ3v) is 1.21. The van der Waals surface area contributed by atoms with E-state index in [1.807, 2.05) is 20.8 Å². The summed E-state index contributed by atoms with van der Waals surface area (Å²) in [6.07, 6.45) is 3.29. The molecule has 0 spiro atoms. The average Bonchev–Trinajstić information content (AvgIpc) is 1.88. The van der Waals surface area contributed by atoms with Gasteiger partial charge in [0.25, 0.3) is 5.91 Å². The van der Waals surface area contributed by atoms with Crippen LogP contribution in [0.5, 0.6) is 0 Å². The monoisotopic (exact) mass is 153 g/mol. The van der Waals surface area contributed by atoms with E-state index in [9.17, 15) is 4.79 Å². The normalized spacial score (nSPS) is 11.5. The molecule has 0 aromatic rings. The molecule has 2 heteroatoms. The molecular formula is C9H15NO. The molecule has 0 atom stereocenters. The minimum Gasteiger partial charge on any atom is -0.350 e. The van der Waals surface area contributed by atoms with Crippen molar-refractivity contribution < 1.29 is 4.79 Å². The highest BCUT2D eigenvalue weighted by molar-refractivity contribution is 5.96. The van der Waals surface area contributed by atoms with Gasteiger partial charge < -0.3 is 5.32 Å². The summed E-state index contributed by atoms with van der Waals surface area (Å²) in [5, 5.41) is 2.77. The second kappa shape index (κ2) is 4.72. The fraction of sp³-hybridized carbons (Fsp3) is 0.444. The molecule has 0 fully saturated rings. The molecule has 62 valence electrons. The summed E-state index contributed by atoms with van der Waals surface area (Å²) in [6.45, 7) is 9.20. The molecule has 0 bridgehead atoms. The molecule has 0 aromatic heterocycles. The molecule has 0 saturated carbocycles. The van der Waals surface area contributed by atoms with Crippen molar-refractivity contribution in [1.82, 2.24) is 5.32 Å². The molecule has 0 unspecified atom stereocenters. The van der Waals surface area contributed by atoms with Crippen LogP contribution in [-0.2, 0) is 4.79 Å². The van der Waals surface area contributed by atoms with Gasteiger partial charge in [0.05, 0.1) is 0 Å². The summed E-state index contributed by atoms with van der Waals surface area (Å²) in [7, 11) is 0. The lowest BCUT2D eigenvalue weighted by atomic mass is 10.2. The van der Waals surface area contributed by atoms with Gasteiger partial charge in [0, 0.05) is 11.6 Å². The van der Waals surface area contributed by atoms with Gasteiger partial charge in [0.15, 0.2) is 0 Å². The van der Waals surface area contributed by atoms with Crippen LogP contribution in [0.2, 0.25) is 0 Å². The minimum absolute atomic E-state index is 0.0579. The Morgan fingerprint density at radius 1 is 1.55 bits per heavy atom. The molecule has 0 saturated heterocycles. The SMILES string of the molecule is C=CC(=CC)C(=O)NC(C)C. The first kappa shape index (κ1) is 9.95. The molecular weight excluding hydrogens is 138 g/mol. The van der Waals surface area contributed by atoms with Gasteiger partial charge in [-0.15, -0.1) is 0 Å². The van der Waals surface area contributed by atoms with E-state index < -0.39 is 0 Å². The Hall–Kier alpha value is -1.05. The van der Waals surface area contributed by atoms with Crippen molar-refractivity contribution in [3.05, 3.63) is 24.3 Å². The lowest BCUT2D eigenvalue weighted by molar-refractivity contribution is -0.117. The van der Waals surface area contributed by atoms with Crippen molar-refractivity contribution in [3.63, 3.8) is 0 Å². The Balaban J connectivity index is 4.12. The quantitative estimate of drug-likeness (QED) is 0.484. The maximum atomic E-state index is 11.2. The summed E-state index contributed by atoms with van der Waals surface area (Å²) >= 11 is 0. The molecule has 0 aliphatic carbocycles. The number of amides is 1. The molecule has 11 heavy (non-hydrogen) atoms. The van der Waals surface area contributed by atoms with Gasteiger partial charge in [0.2, 0.25) is 0 Å². The van der Waals surface area contributed by atoms with Crippen molar-refractivity contribution in [2.45, 2.75) is 26.8 Å². The fourth-order valence-electron chi connectivity index (χ4n) is 0.687. The number of carbonyl (C=O) groups is 1. The van der Waals surface area contributed by atoms with E-state index in [0.717, 1.165) is 0 Å². The fourth-order valence-corrected chi connectivity index (χ4v) is 0.687. The second-order valence-electron chi connectivity index (χ2n) is 2.58. The molecule has 1 amide bonds. The Labute approximate surface area is 68.0 Å². The number of carbonyl (C=O) groups excluding carboxylic acids is 1. The highest BCUT2D eigenvalue weighted by Crippen LogP contribution is 1.95. The number of allylic oxidation sites excluding steroid dienone is 1. The smallest absolute Gasteiger partial charge is 0.251 e. The van der Waals surface area contributed by atoms with Gasteiger partial charge in [-0.05, 0) is 20.8 Å². The molecule has 0 radical (unpaired) electrons. The number of nitrogens with one attached hydrogen (secondary N) is 1. The molecule has 0 aromatic carbocycles. The zero-order chi connectivity index (χ0) is 8.85. The summed E-state index contributed by atoms with van der Waals surface area (Å²) in [6, 6.07) is 0.178. The van der Waals surface area contributed by atoms with E-state index in [1.165, 1.54) is 0 Å². The van der Waals surface area contributed by atoms with E-state index in [-0.39, 0.29) is 11.9 Å². The van der Waals surface area contributed by atoms with E-state index in [2.05, 4.69) is 11.9 Å². The number of hydrogen-bond acceptors (Lipinski definition) is 1. The highest BCUT2D eigenvalue weighted by Gasteiger charge is 2.04. The third-order valence-electron chi connectivity index (χ3n) is 1.21. The zero-order valence-electron chi connectivity index (χ0n) is 7.35. The average molecular weight is 153 g/mol. The predicted molar refractivity (Wildman–Crippen MR) is 47.2 cm³/mol. The van der Waals surface area contributed by atoms with Crippen LogP contribution in [0.25, 0.3) is 0 Å². The Bertz CT molecular complexity index is 180. The van der Waals surface area contributed by atoms with Gasteiger partial charge in [-0.3, -0.25) is 4.79 Å². The standard InChI is InChI=1S/C9H15NO/c1-5-8(6-2)9(11)10-7(3)4/h5-7H,1H2,2-4H3,(H,10,11). The van der Waals surface area contributed by atoms with Gasteiger partial charge in [0.1, 0.15) is 0 Å². The van der Waals surface area contributed by atoms with Crippen LogP contribution < -0.4 is 5.32 Å². The molecule has 0 heterocycles. The number of hydrogen-bond donors (Lipinski definition) is 1. The van der Waals surface area contributed by atoms with Gasteiger partial charge >= 0.3 is 0 Å². The van der Waals surface area contributed by atoms with Gasteiger partial charge in [-0.1, -0.05) is 18.7 Å². The zero-order valence-corrected chi connectivity index (χ0v) is 7.35. The second-order valence-corrected chi connectivity index (χ2v) is 2.58.